The second kappa shape index (κ2) is 8.49. The molecule has 6 nitrogen and oxygen atoms in total. The number of fused-ring (bicyclic) bond motifs is 1. The van der Waals surface area contributed by atoms with Crippen LogP contribution in [0.25, 0.3) is 10.9 Å². The molecule has 2 amide bonds. The molecule has 3 N–H and O–H groups in total. The van der Waals surface area contributed by atoms with Gasteiger partial charge in [-0.25, -0.2) is 0 Å². The van der Waals surface area contributed by atoms with Gasteiger partial charge in [-0.15, -0.1) is 0 Å². The lowest BCUT2D eigenvalue weighted by Crippen LogP contribution is -2.46. The van der Waals surface area contributed by atoms with Gasteiger partial charge < -0.3 is 20.3 Å². The van der Waals surface area contributed by atoms with Gasteiger partial charge in [-0.3, -0.25) is 9.59 Å². The summed E-state index contributed by atoms with van der Waals surface area (Å²) in [6.07, 6.45) is 0.780. The number of carbonyl (C=O) groups is 2. The molecule has 0 spiro atoms. The first-order valence-electron chi connectivity index (χ1n) is 9.99. The minimum Gasteiger partial charge on any atom is -0.387 e. The Morgan fingerprint density at radius 2 is 1.90 bits per heavy atom. The maximum atomic E-state index is 12.9. The zero-order chi connectivity index (χ0) is 20.2. The van der Waals surface area contributed by atoms with E-state index in [1.165, 1.54) is 0 Å². The molecule has 0 aliphatic carbocycles. The third-order valence-corrected chi connectivity index (χ3v) is 5.49. The molecule has 29 heavy (non-hydrogen) atoms. The summed E-state index contributed by atoms with van der Waals surface area (Å²) in [5, 5.41) is 14.1. The monoisotopic (exact) mass is 391 g/mol. The highest BCUT2D eigenvalue weighted by Gasteiger charge is 2.29. The average molecular weight is 391 g/mol. The third kappa shape index (κ3) is 4.32. The molecule has 2 aromatic carbocycles. The maximum absolute atomic E-state index is 12.9. The molecule has 1 fully saturated rings. The number of aromatic nitrogens is 1. The Bertz CT molecular complexity index is 966. The Hall–Kier alpha value is -3.12. The molecule has 1 aromatic heterocycles. The largest absolute Gasteiger partial charge is 0.387 e. The van der Waals surface area contributed by atoms with Crippen molar-refractivity contribution in [2.45, 2.75) is 18.9 Å². The first-order chi connectivity index (χ1) is 14.1. The van der Waals surface area contributed by atoms with Gasteiger partial charge in [0.1, 0.15) is 5.69 Å². The van der Waals surface area contributed by atoms with Crippen LogP contribution in [0.1, 0.15) is 35.0 Å². The molecule has 0 radical (unpaired) electrons. The number of aliphatic hydroxyl groups is 1. The molecule has 2 atom stereocenters. The van der Waals surface area contributed by atoms with Gasteiger partial charge in [0.25, 0.3) is 5.91 Å². The van der Waals surface area contributed by atoms with Crippen LogP contribution in [-0.2, 0) is 4.79 Å². The molecule has 1 saturated heterocycles. The summed E-state index contributed by atoms with van der Waals surface area (Å²) >= 11 is 0. The van der Waals surface area contributed by atoms with Crippen LogP contribution in [-0.4, -0.2) is 46.4 Å². The van der Waals surface area contributed by atoms with Gasteiger partial charge in [0.15, 0.2) is 0 Å². The fraction of sp³-hybridized carbons (Fsp3) is 0.304. The first-order valence-corrected chi connectivity index (χ1v) is 9.99. The average Bonchev–Trinajstić information content (AvgIpc) is 3.21. The van der Waals surface area contributed by atoms with Crippen molar-refractivity contribution in [3.8, 4) is 0 Å². The molecule has 0 unspecified atom stereocenters. The van der Waals surface area contributed by atoms with E-state index in [-0.39, 0.29) is 24.3 Å². The molecular weight excluding hydrogens is 366 g/mol. The number of aromatic amines is 1. The number of amides is 2. The molecule has 1 aliphatic heterocycles. The van der Waals surface area contributed by atoms with E-state index >= 15 is 0 Å². The van der Waals surface area contributed by atoms with Crippen molar-refractivity contribution in [1.82, 2.24) is 15.2 Å². The topological polar surface area (TPSA) is 85.4 Å². The Morgan fingerprint density at radius 1 is 1.14 bits per heavy atom. The van der Waals surface area contributed by atoms with Gasteiger partial charge in [0.2, 0.25) is 5.91 Å². The minimum atomic E-state index is -0.743. The number of H-pyrrole nitrogens is 1. The van der Waals surface area contributed by atoms with Crippen molar-refractivity contribution in [3.05, 3.63) is 71.9 Å². The van der Waals surface area contributed by atoms with Crippen LogP contribution < -0.4 is 5.32 Å². The molecule has 0 bridgehead atoms. The molecular formula is C23H25N3O3. The van der Waals surface area contributed by atoms with Gasteiger partial charge in [0, 0.05) is 30.5 Å². The van der Waals surface area contributed by atoms with Crippen molar-refractivity contribution < 1.29 is 14.7 Å². The minimum absolute atomic E-state index is 0.0805. The van der Waals surface area contributed by atoms with Crippen molar-refractivity contribution >= 4 is 22.7 Å². The van der Waals surface area contributed by atoms with Crippen LogP contribution in [0.2, 0.25) is 0 Å². The summed E-state index contributed by atoms with van der Waals surface area (Å²) in [5.41, 5.74) is 2.25. The van der Waals surface area contributed by atoms with E-state index in [1.807, 2.05) is 60.7 Å². The number of likely N-dealkylation sites (tertiary alicyclic amines) is 1. The van der Waals surface area contributed by atoms with Gasteiger partial charge >= 0.3 is 0 Å². The molecule has 3 aromatic rings. The van der Waals surface area contributed by atoms with Crippen LogP contribution in [0.15, 0.2) is 60.7 Å². The van der Waals surface area contributed by atoms with E-state index in [4.69, 9.17) is 0 Å². The van der Waals surface area contributed by atoms with Crippen molar-refractivity contribution in [2.24, 2.45) is 5.92 Å². The maximum Gasteiger partial charge on any atom is 0.270 e. The number of nitrogens with one attached hydrogen (secondary N) is 2. The Labute approximate surface area is 169 Å². The molecule has 0 saturated carbocycles. The molecule has 150 valence electrons. The number of para-hydroxylation sites is 1. The van der Waals surface area contributed by atoms with Crippen molar-refractivity contribution in [2.75, 3.05) is 19.6 Å². The smallest absolute Gasteiger partial charge is 0.270 e. The number of benzene rings is 2. The zero-order valence-electron chi connectivity index (χ0n) is 16.2. The summed E-state index contributed by atoms with van der Waals surface area (Å²) in [6, 6.07) is 18.9. The third-order valence-electron chi connectivity index (χ3n) is 5.49. The molecule has 6 heteroatoms. The van der Waals surface area contributed by atoms with E-state index in [1.54, 1.807) is 4.90 Å². The molecule has 1 aliphatic rings. The van der Waals surface area contributed by atoms with Crippen LogP contribution >= 0.6 is 0 Å². The Balaban J connectivity index is 1.36. The van der Waals surface area contributed by atoms with Crippen molar-refractivity contribution in [1.29, 1.82) is 0 Å². The summed E-state index contributed by atoms with van der Waals surface area (Å²) in [6.45, 7) is 1.20. The lowest BCUT2D eigenvalue weighted by Gasteiger charge is -2.32. The fourth-order valence-electron chi connectivity index (χ4n) is 3.87. The summed E-state index contributed by atoms with van der Waals surface area (Å²) in [4.78, 5) is 30.4. The quantitative estimate of drug-likeness (QED) is 0.625. The van der Waals surface area contributed by atoms with Gasteiger partial charge in [-0.2, -0.15) is 0 Å². The standard InChI is InChI=1S/C23H25N3O3/c27-21(16-7-2-1-3-8-16)14-24-22(28)18-10-6-12-26(15-18)23(29)20-13-17-9-4-5-11-19(17)25-20/h1-5,7-9,11,13,18,21,25,27H,6,10,12,14-15H2,(H,24,28)/t18-,21+/m1/s1. The van der Waals surface area contributed by atoms with Crippen LogP contribution in [0.3, 0.4) is 0 Å². The number of hydrogen-bond acceptors (Lipinski definition) is 3. The number of rotatable bonds is 5. The number of hydrogen-bond donors (Lipinski definition) is 3. The number of carbonyl (C=O) groups excluding carboxylic acids is 2. The molecule has 2 heterocycles. The predicted octanol–water partition coefficient (Wildman–Crippen LogP) is 2.87. The fourth-order valence-corrected chi connectivity index (χ4v) is 3.87. The van der Waals surface area contributed by atoms with E-state index < -0.39 is 6.10 Å². The summed E-state index contributed by atoms with van der Waals surface area (Å²) in [7, 11) is 0. The van der Waals surface area contributed by atoms with Crippen LogP contribution in [0.4, 0.5) is 0 Å². The first kappa shape index (κ1) is 19.2. The van der Waals surface area contributed by atoms with E-state index in [2.05, 4.69) is 10.3 Å². The van der Waals surface area contributed by atoms with Crippen LogP contribution in [0.5, 0.6) is 0 Å². The second-order valence-corrected chi connectivity index (χ2v) is 7.53. The SMILES string of the molecule is O=C(NC[C@H](O)c1ccccc1)[C@@H]1CCCN(C(=O)c2cc3ccccc3[nH]2)C1. The van der Waals surface area contributed by atoms with Gasteiger partial charge in [0.05, 0.1) is 12.0 Å². The normalized spacial score (nSPS) is 17.8. The molecule has 4 rings (SSSR count). The van der Waals surface area contributed by atoms with E-state index in [0.29, 0.717) is 18.8 Å². The zero-order valence-corrected chi connectivity index (χ0v) is 16.2. The lowest BCUT2D eigenvalue weighted by atomic mass is 9.96. The number of piperidine rings is 1. The lowest BCUT2D eigenvalue weighted by molar-refractivity contribution is -0.126. The Kier molecular flexibility index (Phi) is 5.62. The van der Waals surface area contributed by atoms with E-state index in [9.17, 15) is 14.7 Å². The van der Waals surface area contributed by atoms with E-state index in [0.717, 1.165) is 29.3 Å². The highest BCUT2D eigenvalue weighted by Crippen LogP contribution is 2.21. The van der Waals surface area contributed by atoms with Gasteiger partial charge in [-0.05, 0) is 30.5 Å². The predicted molar refractivity (Wildman–Crippen MR) is 111 cm³/mol. The summed E-state index contributed by atoms with van der Waals surface area (Å²) in [5.74, 6) is -0.461. The van der Waals surface area contributed by atoms with Crippen LogP contribution in [0, 0.1) is 5.92 Å². The summed E-state index contributed by atoms with van der Waals surface area (Å²) < 4.78 is 0. The van der Waals surface area contributed by atoms with Crippen molar-refractivity contribution in [3.63, 3.8) is 0 Å². The van der Waals surface area contributed by atoms with Gasteiger partial charge in [-0.1, -0.05) is 48.5 Å². The highest BCUT2D eigenvalue weighted by molar-refractivity contribution is 5.98. The number of nitrogens with zero attached hydrogens (tertiary/aromatic N) is 1. The second-order valence-electron chi connectivity index (χ2n) is 7.53. The highest BCUT2D eigenvalue weighted by atomic mass is 16.3. The Morgan fingerprint density at radius 3 is 2.69 bits per heavy atom. The number of aliphatic hydroxyl groups excluding tert-OH is 1.